The lowest BCUT2D eigenvalue weighted by Gasteiger charge is -2.16. The fraction of sp³-hybridized carbons (Fsp3) is 1.00. The number of halogens is 1. The summed E-state index contributed by atoms with van der Waals surface area (Å²) in [5, 5.41) is 0. The van der Waals surface area contributed by atoms with E-state index in [-0.39, 0.29) is 0 Å². The number of alkyl halides is 1. The third-order valence-electron chi connectivity index (χ3n) is 2.18. The highest BCUT2D eigenvalue weighted by molar-refractivity contribution is 9.09. The predicted molar refractivity (Wildman–Crippen MR) is 53.2 cm³/mol. The molecular weight excluding hydrogens is 202 g/mol. The molecule has 1 aliphatic carbocycles. The van der Waals surface area contributed by atoms with Crippen LogP contribution in [0, 0.1) is 5.92 Å². The minimum Gasteiger partial charge on any atom is -0.306 e. The molecular formula is C9H18BrN. The molecule has 1 saturated carbocycles. The first kappa shape index (κ1) is 9.53. The van der Waals surface area contributed by atoms with Crippen molar-refractivity contribution in [2.45, 2.75) is 31.0 Å². The van der Waals surface area contributed by atoms with Crippen LogP contribution in [0.5, 0.6) is 0 Å². The van der Waals surface area contributed by atoms with E-state index in [0.29, 0.717) is 4.83 Å². The Balaban J connectivity index is 1.95. The maximum absolute atomic E-state index is 3.56. The van der Waals surface area contributed by atoms with Crippen LogP contribution in [-0.2, 0) is 0 Å². The minimum absolute atomic E-state index is 0.671. The fourth-order valence-corrected chi connectivity index (χ4v) is 1.44. The van der Waals surface area contributed by atoms with Gasteiger partial charge in [0.05, 0.1) is 0 Å². The van der Waals surface area contributed by atoms with Gasteiger partial charge in [-0.1, -0.05) is 22.9 Å². The Hall–Kier alpha value is 0.440. The van der Waals surface area contributed by atoms with Crippen LogP contribution in [0.15, 0.2) is 0 Å². The maximum atomic E-state index is 3.56. The van der Waals surface area contributed by atoms with E-state index in [4.69, 9.17) is 0 Å². The van der Waals surface area contributed by atoms with Crippen molar-refractivity contribution in [2.24, 2.45) is 5.92 Å². The van der Waals surface area contributed by atoms with Gasteiger partial charge in [0, 0.05) is 11.4 Å². The van der Waals surface area contributed by atoms with Crippen molar-refractivity contribution in [3.05, 3.63) is 0 Å². The van der Waals surface area contributed by atoms with E-state index in [2.05, 4.69) is 34.8 Å². The van der Waals surface area contributed by atoms with E-state index in [0.717, 1.165) is 5.92 Å². The first-order valence-electron chi connectivity index (χ1n) is 4.51. The van der Waals surface area contributed by atoms with Crippen LogP contribution < -0.4 is 0 Å². The van der Waals surface area contributed by atoms with E-state index in [1.807, 2.05) is 0 Å². The molecule has 0 amide bonds. The predicted octanol–water partition coefficient (Wildman–Crippen LogP) is 2.50. The van der Waals surface area contributed by atoms with Gasteiger partial charge in [0.1, 0.15) is 0 Å². The minimum atomic E-state index is 0.671. The Morgan fingerprint density at radius 1 is 1.55 bits per heavy atom. The lowest BCUT2D eigenvalue weighted by atomic mass is 10.3. The molecule has 11 heavy (non-hydrogen) atoms. The lowest BCUT2D eigenvalue weighted by Crippen LogP contribution is -2.23. The molecule has 0 aliphatic heterocycles. The van der Waals surface area contributed by atoms with E-state index < -0.39 is 0 Å². The highest BCUT2D eigenvalue weighted by atomic mass is 79.9. The summed E-state index contributed by atoms with van der Waals surface area (Å²) in [6, 6.07) is 0. The smallest absolute Gasteiger partial charge is 0.0129 e. The van der Waals surface area contributed by atoms with E-state index in [9.17, 15) is 0 Å². The molecule has 0 spiro atoms. The van der Waals surface area contributed by atoms with E-state index >= 15 is 0 Å². The summed E-state index contributed by atoms with van der Waals surface area (Å²) in [5.74, 6) is 1.03. The fourth-order valence-electron chi connectivity index (χ4n) is 1.23. The van der Waals surface area contributed by atoms with Crippen LogP contribution in [0.25, 0.3) is 0 Å². The molecule has 1 rings (SSSR count). The zero-order valence-corrected chi connectivity index (χ0v) is 9.10. The largest absolute Gasteiger partial charge is 0.306 e. The molecule has 0 aromatic rings. The van der Waals surface area contributed by atoms with Gasteiger partial charge in [-0.3, -0.25) is 0 Å². The number of hydrogen-bond acceptors (Lipinski definition) is 1. The van der Waals surface area contributed by atoms with Gasteiger partial charge in [-0.2, -0.15) is 0 Å². The van der Waals surface area contributed by atoms with Crippen LogP contribution >= 0.6 is 15.9 Å². The van der Waals surface area contributed by atoms with Crippen LogP contribution in [0.2, 0.25) is 0 Å². The number of rotatable bonds is 5. The SMILES string of the molecule is CC(Br)CCN(C)CC1CC1. The second-order valence-corrected chi connectivity index (χ2v) is 5.34. The van der Waals surface area contributed by atoms with Crippen molar-refractivity contribution in [1.29, 1.82) is 0 Å². The molecule has 1 unspecified atom stereocenters. The highest BCUT2D eigenvalue weighted by Gasteiger charge is 2.22. The number of nitrogens with zero attached hydrogens (tertiary/aromatic N) is 1. The van der Waals surface area contributed by atoms with Gasteiger partial charge >= 0.3 is 0 Å². The molecule has 0 bridgehead atoms. The van der Waals surface area contributed by atoms with Crippen molar-refractivity contribution < 1.29 is 0 Å². The van der Waals surface area contributed by atoms with Crippen molar-refractivity contribution in [3.8, 4) is 0 Å². The summed E-state index contributed by atoms with van der Waals surface area (Å²) in [7, 11) is 2.23. The Kier molecular flexibility index (Phi) is 3.86. The first-order chi connectivity index (χ1) is 5.18. The van der Waals surface area contributed by atoms with Crippen LogP contribution in [0.3, 0.4) is 0 Å². The molecule has 0 aromatic heterocycles. The Bertz CT molecular complexity index is 110. The van der Waals surface area contributed by atoms with Gasteiger partial charge in [-0.15, -0.1) is 0 Å². The zero-order chi connectivity index (χ0) is 8.27. The van der Waals surface area contributed by atoms with Crippen molar-refractivity contribution in [2.75, 3.05) is 20.1 Å². The van der Waals surface area contributed by atoms with Crippen LogP contribution in [0.1, 0.15) is 26.2 Å². The van der Waals surface area contributed by atoms with Gasteiger partial charge < -0.3 is 4.90 Å². The molecule has 66 valence electrons. The van der Waals surface area contributed by atoms with Gasteiger partial charge in [0.15, 0.2) is 0 Å². The van der Waals surface area contributed by atoms with Crippen LogP contribution in [0.4, 0.5) is 0 Å². The second-order valence-electron chi connectivity index (χ2n) is 3.78. The summed E-state index contributed by atoms with van der Waals surface area (Å²) >= 11 is 3.56. The third-order valence-corrected chi connectivity index (χ3v) is 2.63. The summed E-state index contributed by atoms with van der Waals surface area (Å²) in [6.45, 7) is 4.77. The molecule has 1 nitrogen and oxygen atoms in total. The van der Waals surface area contributed by atoms with Gasteiger partial charge in [-0.25, -0.2) is 0 Å². The first-order valence-corrected chi connectivity index (χ1v) is 5.42. The molecule has 0 radical (unpaired) electrons. The summed E-state index contributed by atoms with van der Waals surface area (Å²) < 4.78 is 0. The maximum Gasteiger partial charge on any atom is 0.0129 e. The van der Waals surface area contributed by atoms with Crippen molar-refractivity contribution in [1.82, 2.24) is 4.90 Å². The Labute approximate surface area is 78.3 Å². The van der Waals surface area contributed by atoms with Crippen molar-refractivity contribution in [3.63, 3.8) is 0 Å². The monoisotopic (exact) mass is 219 g/mol. The Morgan fingerprint density at radius 3 is 2.64 bits per heavy atom. The van der Waals surface area contributed by atoms with Crippen molar-refractivity contribution >= 4 is 15.9 Å². The normalized spacial score (nSPS) is 20.7. The van der Waals surface area contributed by atoms with E-state index in [1.165, 1.54) is 32.4 Å². The van der Waals surface area contributed by atoms with Crippen LogP contribution in [-0.4, -0.2) is 29.9 Å². The molecule has 0 N–H and O–H groups in total. The summed E-state index contributed by atoms with van der Waals surface area (Å²) in [5.41, 5.74) is 0. The number of hydrogen-bond donors (Lipinski definition) is 0. The average molecular weight is 220 g/mol. The Morgan fingerprint density at radius 2 is 2.18 bits per heavy atom. The van der Waals surface area contributed by atoms with E-state index in [1.54, 1.807) is 0 Å². The van der Waals surface area contributed by atoms with Gasteiger partial charge in [0.2, 0.25) is 0 Å². The summed E-state index contributed by atoms with van der Waals surface area (Å²) in [6.07, 6.45) is 4.20. The third kappa shape index (κ3) is 4.81. The molecule has 2 heteroatoms. The molecule has 1 aliphatic rings. The molecule has 0 aromatic carbocycles. The molecule has 0 saturated heterocycles. The lowest BCUT2D eigenvalue weighted by molar-refractivity contribution is 0.317. The summed E-state index contributed by atoms with van der Waals surface area (Å²) in [4.78, 5) is 3.12. The molecule has 1 fully saturated rings. The van der Waals surface area contributed by atoms with Gasteiger partial charge in [0.25, 0.3) is 0 Å². The highest BCUT2D eigenvalue weighted by Crippen LogP contribution is 2.29. The van der Waals surface area contributed by atoms with Gasteiger partial charge in [-0.05, 0) is 38.8 Å². The topological polar surface area (TPSA) is 3.24 Å². The molecule has 0 heterocycles. The molecule has 1 atom stereocenters. The zero-order valence-electron chi connectivity index (χ0n) is 7.52. The second kappa shape index (κ2) is 4.46. The standard InChI is InChI=1S/C9H18BrN/c1-8(10)5-6-11(2)7-9-3-4-9/h8-9H,3-7H2,1-2H3. The quantitative estimate of drug-likeness (QED) is 0.643. The average Bonchev–Trinajstić information content (AvgIpc) is 2.67.